The van der Waals surface area contributed by atoms with E-state index in [1.54, 1.807) is 0 Å². The van der Waals surface area contributed by atoms with Gasteiger partial charge in [0.1, 0.15) is 43.0 Å². The van der Waals surface area contributed by atoms with E-state index in [0.717, 1.165) is 16.8 Å². The van der Waals surface area contributed by atoms with Crippen molar-refractivity contribution in [3.05, 3.63) is 49.8 Å². The molecular weight excluding hydrogens is 534 g/mol. The van der Waals surface area contributed by atoms with Crippen molar-refractivity contribution >= 4 is 29.7 Å². The summed E-state index contributed by atoms with van der Waals surface area (Å²) in [6.07, 6.45) is -6.26. The molecule has 0 bridgehead atoms. The van der Waals surface area contributed by atoms with E-state index in [-0.39, 0.29) is 17.1 Å². The molecule has 0 aliphatic carbocycles. The summed E-state index contributed by atoms with van der Waals surface area (Å²) >= 11 is 4.24. The Balaban J connectivity index is 0.000000181. The van der Waals surface area contributed by atoms with Crippen molar-refractivity contribution in [1.82, 2.24) is 29.1 Å². The molecule has 3 aromatic heterocycles. The topological polar surface area (TPSA) is 284 Å². The molecule has 0 unspecified atom stereocenters. The highest BCUT2D eigenvalue weighted by molar-refractivity contribution is 7.81. The Labute approximate surface area is 216 Å². The minimum Gasteiger partial charge on any atom is -0.394 e. The van der Waals surface area contributed by atoms with E-state index in [2.05, 4.69) is 27.6 Å². The SMILES string of the molecule is Nc1nc2c(ncn2[C@]2(S)O[C@H](CO)[C@@H](O)[C@H]2O)c(=O)[nH]1.O=c1ccn([C@@H]2O[C@H](CO)[C@@H](O)[C@H]2O)c(=O)[nH]1. The zero-order valence-corrected chi connectivity index (χ0v) is 20.1. The Morgan fingerprint density at radius 3 is 2.32 bits per heavy atom. The Bertz CT molecular complexity index is 1470. The molecule has 2 aliphatic rings. The zero-order chi connectivity index (χ0) is 27.9. The van der Waals surface area contributed by atoms with Gasteiger partial charge in [-0.25, -0.2) is 9.78 Å². The molecule has 18 nitrogen and oxygen atoms in total. The monoisotopic (exact) mass is 559 g/mol. The van der Waals surface area contributed by atoms with Crippen molar-refractivity contribution in [2.45, 2.75) is 47.9 Å². The summed E-state index contributed by atoms with van der Waals surface area (Å²) in [5.41, 5.74) is 3.62. The van der Waals surface area contributed by atoms with E-state index < -0.39 is 77.9 Å². The molecule has 10 N–H and O–H groups in total. The van der Waals surface area contributed by atoms with Crippen LogP contribution in [0.4, 0.5) is 5.95 Å². The van der Waals surface area contributed by atoms with Crippen molar-refractivity contribution in [3.8, 4) is 0 Å². The van der Waals surface area contributed by atoms with Crippen molar-refractivity contribution in [1.29, 1.82) is 0 Å². The number of fused-ring (bicyclic) bond motifs is 1. The van der Waals surface area contributed by atoms with Crippen LogP contribution in [0.15, 0.2) is 33.0 Å². The third-order valence-corrected chi connectivity index (χ3v) is 6.59. The molecule has 0 amide bonds. The molecule has 19 heteroatoms. The van der Waals surface area contributed by atoms with Crippen LogP contribution in [0, 0.1) is 0 Å². The number of rotatable bonds is 4. The average Bonchev–Trinajstić information content (AvgIpc) is 3.50. The maximum Gasteiger partial charge on any atom is 0.330 e. The fourth-order valence-electron chi connectivity index (χ4n) is 4.03. The molecule has 0 spiro atoms. The highest BCUT2D eigenvalue weighted by Crippen LogP contribution is 2.40. The number of aliphatic hydroxyl groups excluding tert-OH is 6. The molecule has 5 rings (SSSR count). The number of imidazole rings is 1. The molecule has 0 saturated carbocycles. The normalized spacial score (nSPS) is 32.9. The minimum absolute atomic E-state index is 0.0182. The van der Waals surface area contributed by atoms with Gasteiger partial charge in [0, 0.05) is 12.3 Å². The van der Waals surface area contributed by atoms with Crippen LogP contribution in [-0.4, -0.2) is 110 Å². The highest BCUT2D eigenvalue weighted by Gasteiger charge is 2.54. The number of nitrogens with two attached hydrogens (primary N) is 1. The maximum absolute atomic E-state index is 11.7. The first-order valence-electron chi connectivity index (χ1n) is 11.0. The standard InChI is InChI=1S/C10H13N5O5S.C9H12N2O6/c11-9-13-7-4(8(19)14-9)12-2-15(7)10(21)6(18)5(17)3(1-16)20-10;12-3-4-6(14)7(15)8(17-4)11-2-1-5(13)10-9(11)16/h2-3,5-6,16-18,21H,1H2,(H3,11,13,14,19);1-2,4,6-8,12,14-15H,3H2,(H,10,13,16)/t3-,5-,6-,10+;4-,6-,7-,8-/m11/s1. The van der Waals surface area contributed by atoms with Crippen molar-refractivity contribution in [2.24, 2.45) is 0 Å². The molecule has 2 fully saturated rings. The van der Waals surface area contributed by atoms with Gasteiger partial charge in [-0.2, -0.15) is 4.98 Å². The fourth-order valence-corrected chi connectivity index (χ4v) is 4.47. The summed E-state index contributed by atoms with van der Waals surface area (Å²) in [5.74, 6) is -0.141. The molecular formula is C19H25N7O11S. The Morgan fingerprint density at radius 1 is 1.05 bits per heavy atom. The number of thiol groups is 1. The first-order chi connectivity index (χ1) is 17.9. The average molecular weight is 560 g/mol. The molecule has 0 radical (unpaired) electrons. The Kier molecular flexibility index (Phi) is 7.74. The molecule has 5 heterocycles. The van der Waals surface area contributed by atoms with E-state index >= 15 is 0 Å². The molecule has 3 aromatic rings. The van der Waals surface area contributed by atoms with Gasteiger partial charge in [0.05, 0.1) is 13.2 Å². The zero-order valence-electron chi connectivity index (χ0n) is 19.2. The second-order valence-corrected chi connectivity index (χ2v) is 9.06. The molecule has 2 aliphatic heterocycles. The number of hydrogen-bond acceptors (Lipinski definition) is 15. The van der Waals surface area contributed by atoms with Crippen LogP contribution < -0.4 is 22.5 Å². The van der Waals surface area contributed by atoms with Crippen LogP contribution in [0.3, 0.4) is 0 Å². The van der Waals surface area contributed by atoms with Crippen LogP contribution in [-0.2, 0) is 14.5 Å². The van der Waals surface area contributed by atoms with Gasteiger partial charge < -0.3 is 45.8 Å². The number of hydrogen-bond donors (Lipinski definition) is 10. The summed E-state index contributed by atoms with van der Waals surface area (Å²) in [6.45, 7) is -0.990. The second kappa shape index (κ2) is 10.6. The lowest BCUT2D eigenvalue weighted by atomic mass is 10.1. The smallest absolute Gasteiger partial charge is 0.330 e. The lowest BCUT2D eigenvalue weighted by molar-refractivity contribution is -0.0760. The first kappa shape index (κ1) is 27.9. The van der Waals surface area contributed by atoms with E-state index in [1.807, 2.05) is 4.98 Å². The highest BCUT2D eigenvalue weighted by atomic mass is 32.1. The van der Waals surface area contributed by atoms with Gasteiger partial charge in [-0.1, -0.05) is 0 Å². The Hall–Kier alpha value is -3.14. The molecule has 8 atom stereocenters. The lowest BCUT2D eigenvalue weighted by Crippen LogP contribution is -2.41. The molecule has 2 saturated heterocycles. The van der Waals surface area contributed by atoms with Crippen molar-refractivity contribution in [3.63, 3.8) is 0 Å². The van der Waals surface area contributed by atoms with Crippen molar-refractivity contribution in [2.75, 3.05) is 18.9 Å². The van der Waals surface area contributed by atoms with Gasteiger partial charge >= 0.3 is 5.69 Å². The van der Waals surface area contributed by atoms with Crippen LogP contribution in [0.2, 0.25) is 0 Å². The number of nitrogen functional groups attached to an aromatic ring is 1. The van der Waals surface area contributed by atoms with Crippen LogP contribution in [0.5, 0.6) is 0 Å². The van der Waals surface area contributed by atoms with E-state index in [0.29, 0.717) is 0 Å². The largest absolute Gasteiger partial charge is 0.394 e. The van der Waals surface area contributed by atoms with Gasteiger partial charge in [0.15, 0.2) is 17.4 Å². The summed E-state index contributed by atoms with van der Waals surface area (Å²) in [4.78, 5) is 46.1. The van der Waals surface area contributed by atoms with Crippen LogP contribution >= 0.6 is 12.6 Å². The quantitative estimate of drug-likeness (QED) is 0.133. The molecule has 0 aromatic carbocycles. The molecule has 38 heavy (non-hydrogen) atoms. The predicted octanol–water partition coefficient (Wildman–Crippen LogP) is -5.50. The van der Waals surface area contributed by atoms with Gasteiger partial charge in [-0.3, -0.25) is 28.7 Å². The van der Waals surface area contributed by atoms with Gasteiger partial charge in [-0.05, 0) is 0 Å². The van der Waals surface area contributed by atoms with Gasteiger partial charge in [0.2, 0.25) is 11.0 Å². The summed E-state index contributed by atoms with van der Waals surface area (Å²) in [6, 6.07) is 1.09. The van der Waals surface area contributed by atoms with E-state index in [4.69, 9.17) is 25.4 Å². The van der Waals surface area contributed by atoms with Crippen LogP contribution in [0.1, 0.15) is 6.23 Å². The predicted molar refractivity (Wildman–Crippen MR) is 128 cm³/mol. The first-order valence-corrected chi connectivity index (χ1v) is 11.4. The van der Waals surface area contributed by atoms with Crippen molar-refractivity contribution < 1.29 is 40.1 Å². The number of nitrogens with zero attached hydrogens (tertiary/aromatic N) is 4. The maximum atomic E-state index is 11.7. The molecule has 208 valence electrons. The number of anilines is 1. The Morgan fingerprint density at radius 2 is 1.74 bits per heavy atom. The summed E-state index contributed by atoms with van der Waals surface area (Å²) < 4.78 is 12.7. The summed E-state index contributed by atoms with van der Waals surface area (Å²) in [5, 5.41) is 55.4. The van der Waals surface area contributed by atoms with E-state index in [1.165, 1.54) is 10.9 Å². The second-order valence-electron chi connectivity index (χ2n) is 8.42. The third kappa shape index (κ3) is 4.74. The fraction of sp³-hybridized carbons (Fsp3) is 0.526. The van der Waals surface area contributed by atoms with E-state index in [9.17, 15) is 34.8 Å². The number of aromatic nitrogens is 6. The van der Waals surface area contributed by atoms with Gasteiger partial charge in [-0.15, -0.1) is 12.6 Å². The van der Waals surface area contributed by atoms with Crippen LogP contribution in [0.25, 0.3) is 11.2 Å². The number of aliphatic hydroxyl groups is 6. The minimum atomic E-state index is -1.74. The summed E-state index contributed by atoms with van der Waals surface area (Å²) in [7, 11) is 0. The number of H-pyrrole nitrogens is 2. The lowest BCUT2D eigenvalue weighted by Gasteiger charge is -2.28. The number of ether oxygens (including phenoxy) is 2. The van der Waals surface area contributed by atoms with Gasteiger partial charge in [0.25, 0.3) is 11.1 Å². The number of nitrogens with one attached hydrogen (secondary N) is 2. The number of aromatic amines is 2. The third-order valence-electron chi connectivity index (χ3n) is 6.01.